The molecule has 3 nitrogen and oxygen atoms in total. The first-order valence-corrected chi connectivity index (χ1v) is 6.29. The van der Waals surface area contributed by atoms with E-state index in [2.05, 4.69) is 18.7 Å². The van der Waals surface area contributed by atoms with Gasteiger partial charge >= 0.3 is 0 Å². The molecular formula is C12H24N2O. The van der Waals surface area contributed by atoms with Crippen LogP contribution in [0.4, 0.5) is 0 Å². The number of nitrogens with zero attached hydrogens (tertiary/aromatic N) is 1. The normalized spacial score (nSPS) is 43.4. The maximum atomic E-state index is 6.03. The fraction of sp³-hybridized carbons (Fsp3) is 1.00. The van der Waals surface area contributed by atoms with Crippen LogP contribution < -0.4 is 5.73 Å². The van der Waals surface area contributed by atoms with Crippen LogP contribution in [0.15, 0.2) is 0 Å². The molecule has 88 valence electrons. The number of hydrogen-bond acceptors (Lipinski definition) is 3. The zero-order valence-corrected chi connectivity index (χ0v) is 10.0. The quantitative estimate of drug-likeness (QED) is 0.751. The van der Waals surface area contributed by atoms with E-state index in [4.69, 9.17) is 10.5 Å². The highest BCUT2D eigenvalue weighted by Crippen LogP contribution is 2.35. The highest BCUT2D eigenvalue weighted by molar-refractivity contribution is 5.02. The van der Waals surface area contributed by atoms with E-state index in [0.717, 1.165) is 19.6 Å². The third-order valence-corrected chi connectivity index (χ3v) is 4.39. The lowest BCUT2D eigenvalue weighted by Crippen LogP contribution is -2.62. The number of nitrogens with two attached hydrogens (primary N) is 1. The molecule has 2 heterocycles. The Morgan fingerprint density at radius 3 is 2.73 bits per heavy atom. The molecule has 0 bridgehead atoms. The van der Waals surface area contributed by atoms with Gasteiger partial charge in [-0.05, 0) is 39.7 Å². The molecule has 0 saturated carbocycles. The highest BCUT2D eigenvalue weighted by atomic mass is 16.5. The molecule has 2 N–H and O–H groups in total. The van der Waals surface area contributed by atoms with Crippen molar-refractivity contribution in [2.45, 2.75) is 57.2 Å². The zero-order valence-electron chi connectivity index (χ0n) is 10.0. The van der Waals surface area contributed by atoms with E-state index in [1.54, 1.807) is 0 Å². The summed E-state index contributed by atoms with van der Waals surface area (Å²) < 4.78 is 5.74. The molecule has 15 heavy (non-hydrogen) atoms. The third-order valence-electron chi connectivity index (χ3n) is 4.39. The highest BCUT2D eigenvalue weighted by Gasteiger charge is 2.47. The van der Waals surface area contributed by atoms with E-state index in [1.165, 1.54) is 25.8 Å². The molecule has 0 aliphatic carbocycles. The van der Waals surface area contributed by atoms with Gasteiger partial charge in [-0.15, -0.1) is 0 Å². The summed E-state index contributed by atoms with van der Waals surface area (Å²) in [7, 11) is 0. The summed E-state index contributed by atoms with van der Waals surface area (Å²) in [4.78, 5) is 2.62. The Morgan fingerprint density at radius 1 is 1.40 bits per heavy atom. The van der Waals surface area contributed by atoms with Gasteiger partial charge in [-0.25, -0.2) is 0 Å². The molecule has 0 amide bonds. The lowest BCUT2D eigenvalue weighted by Gasteiger charge is -2.48. The first kappa shape index (κ1) is 11.4. The molecule has 0 aromatic carbocycles. The molecule has 2 fully saturated rings. The molecule has 0 aromatic rings. The Hall–Kier alpha value is -0.120. The number of piperidine rings is 1. The van der Waals surface area contributed by atoms with Crippen LogP contribution in [0.25, 0.3) is 0 Å². The van der Waals surface area contributed by atoms with Crippen LogP contribution in [-0.4, -0.2) is 42.3 Å². The summed E-state index contributed by atoms with van der Waals surface area (Å²) in [5, 5.41) is 0. The minimum atomic E-state index is 0.125. The van der Waals surface area contributed by atoms with Crippen molar-refractivity contribution in [3.63, 3.8) is 0 Å². The first-order chi connectivity index (χ1) is 7.20. The fourth-order valence-corrected chi connectivity index (χ4v) is 3.29. The second-order valence-electron chi connectivity index (χ2n) is 5.11. The molecule has 2 aliphatic rings. The predicted octanol–water partition coefficient (Wildman–Crippen LogP) is 1.37. The van der Waals surface area contributed by atoms with E-state index in [-0.39, 0.29) is 5.54 Å². The number of ether oxygens (including phenoxy) is 1. The summed E-state index contributed by atoms with van der Waals surface area (Å²) in [6.07, 6.45) is 5.40. The lowest BCUT2D eigenvalue weighted by molar-refractivity contribution is -0.0204. The van der Waals surface area contributed by atoms with Crippen LogP contribution in [-0.2, 0) is 4.74 Å². The molecule has 3 atom stereocenters. The Bertz CT molecular complexity index is 222. The van der Waals surface area contributed by atoms with Gasteiger partial charge in [0.05, 0.1) is 11.6 Å². The minimum absolute atomic E-state index is 0.125. The molecule has 3 unspecified atom stereocenters. The van der Waals surface area contributed by atoms with Crippen molar-refractivity contribution in [3.8, 4) is 0 Å². The smallest absolute Gasteiger partial charge is 0.0743 e. The maximum absolute atomic E-state index is 6.03. The van der Waals surface area contributed by atoms with Crippen molar-refractivity contribution >= 4 is 0 Å². The van der Waals surface area contributed by atoms with Crippen LogP contribution in [0, 0.1) is 0 Å². The Kier molecular flexibility index (Phi) is 3.33. The topological polar surface area (TPSA) is 38.5 Å². The van der Waals surface area contributed by atoms with E-state index in [1.807, 2.05) is 0 Å². The summed E-state index contributed by atoms with van der Waals surface area (Å²) in [6, 6.07) is 0.673. The summed E-state index contributed by atoms with van der Waals surface area (Å²) in [6.45, 7) is 7.33. The van der Waals surface area contributed by atoms with Crippen molar-refractivity contribution in [2.24, 2.45) is 5.73 Å². The largest absolute Gasteiger partial charge is 0.376 e. The Balaban J connectivity index is 2.16. The monoisotopic (exact) mass is 212 g/mol. The molecule has 0 spiro atoms. The van der Waals surface area contributed by atoms with E-state index in [9.17, 15) is 0 Å². The van der Waals surface area contributed by atoms with E-state index in [0.29, 0.717) is 12.1 Å². The van der Waals surface area contributed by atoms with Crippen LogP contribution in [0.2, 0.25) is 0 Å². The van der Waals surface area contributed by atoms with Gasteiger partial charge in [-0.2, -0.15) is 0 Å². The molecule has 2 saturated heterocycles. The van der Waals surface area contributed by atoms with Gasteiger partial charge in [0.2, 0.25) is 0 Å². The molecule has 3 heteroatoms. The number of rotatable bonds is 2. The van der Waals surface area contributed by atoms with Gasteiger partial charge in [-0.3, -0.25) is 4.90 Å². The average molecular weight is 212 g/mol. The van der Waals surface area contributed by atoms with Gasteiger partial charge < -0.3 is 10.5 Å². The van der Waals surface area contributed by atoms with Crippen LogP contribution in [0.1, 0.15) is 39.5 Å². The molecule has 2 rings (SSSR count). The SMILES string of the molecule is CC1CCCCN1C1(CN)CCOC1C. The van der Waals surface area contributed by atoms with Crippen molar-refractivity contribution in [3.05, 3.63) is 0 Å². The Morgan fingerprint density at radius 2 is 2.20 bits per heavy atom. The van der Waals surface area contributed by atoms with E-state index >= 15 is 0 Å². The minimum Gasteiger partial charge on any atom is -0.376 e. The van der Waals surface area contributed by atoms with Gasteiger partial charge in [0, 0.05) is 19.2 Å². The maximum Gasteiger partial charge on any atom is 0.0743 e. The molecular weight excluding hydrogens is 188 g/mol. The van der Waals surface area contributed by atoms with Crippen molar-refractivity contribution < 1.29 is 4.74 Å². The second-order valence-corrected chi connectivity index (χ2v) is 5.11. The summed E-state index contributed by atoms with van der Waals surface area (Å²) in [5.74, 6) is 0. The number of hydrogen-bond donors (Lipinski definition) is 1. The molecule has 0 radical (unpaired) electrons. The second kappa shape index (κ2) is 4.40. The van der Waals surface area contributed by atoms with Crippen LogP contribution >= 0.6 is 0 Å². The average Bonchev–Trinajstić information content (AvgIpc) is 2.61. The van der Waals surface area contributed by atoms with Crippen LogP contribution in [0.3, 0.4) is 0 Å². The third kappa shape index (κ3) is 1.81. The van der Waals surface area contributed by atoms with Gasteiger partial charge in [0.1, 0.15) is 0 Å². The van der Waals surface area contributed by atoms with Crippen molar-refractivity contribution in [2.75, 3.05) is 19.7 Å². The Labute approximate surface area is 93.0 Å². The molecule has 2 aliphatic heterocycles. The summed E-state index contributed by atoms with van der Waals surface area (Å²) >= 11 is 0. The van der Waals surface area contributed by atoms with Crippen molar-refractivity contribution in [1.82, 2.24) is 4.90 Å². The predicted molar refractivity (Wildman–Crippen MR) is 61.8 cm³/mol. The van der Waals surface area contributed by atoms with Gasteiger partial charge in [0.15, 0.2) is 0 Å². The lowest BCUT2D eigenvalue weighted by atomic mass is 9.85. The number of likely N-dealkylation sites (tertiary alicyclic amines) is 1. The van der Waals surface area contributed by atoms with Crippen molar-refractivity contribution in [1.29, 1.82) is 0 Å². The first-order valence-electron chi connectivity index (χ1n) is 6.29. The van der Waals surface area contributed by atoms with E-state index < -0.39 is 0 Å². The van der Waals surface area contributed by atoms with Gasteiger partial charge in [0.25, 0.3) is 0 Å². The fourth-order valence-electron chi connectivity index (χ4n) is 3.29. The molecule has 0 aromatic heterocycles. The zero-order chi connectivity index (χ0) is 10.9. The summed E-state index contributed by atoms with van der Waals surface area (Å²) in [5.41, 5.74) is 6.16. The van der Waals surface area contributed by atoms with Gasteiger partial charge in [-0.1, -0.05) is 6.42 Å². The standard InChI is InChI=1S/C12H24N2O/c1-10-5-3-4-7-14(10)12(9-13)6-8-15-11(12)2/h10-11H,3-9,13H2,1-2H3. The van der Waals surface area contributed by atoms with Crippen LogP contribution in [0.5, 0.6) is 0 Å².